The SMILES string of the molecule is CC1CCCN1C(=O)CCN1C[C@@H](C(F)(F)F)[C@H](C(=O)O)C1. The van der Waals surface area contributed by atoms with Crippen molar-refractivity contribution in [3.05, 3.63) is 0 Å². The van der Waals surface area contributed by atoms with E-state index in [1.807, 2.05) is 6.92 Å². The molecule has 22 heavy (non-hydrogen) atoms. The molecular weight excluding hydrogens is 301 g/mol. The molecule has 1 amide bonds. The van der Waals surface area contributed by atoms with Crippen LogP contribution in [0.3, 0.4) is 0 Å². The van der Waals surface area contributed by atoms with Crippen LogP contribution in [0.15, 0.2) is 0 Å². The maximum Gasteiger partial charge on any atom is 0.393 e. The van der Waals surface area contributed by atoms with Crippen LogP contribution in [0.1, 0.15) is 26.2 Å². The third-order valence-electron chi connectivity index (χ3n) is 4.65. The van der Waals surface area contributed by atoms with E-state index in [-0.39, 0.29) is 38.0 Å². The van der Waals surface area contributed by atoms with Crippen LogP contribution in [0.25, 0.3) is 0 Å². The fourth-order valence-corrected chi connectivity index (χ4v) is 3.35. The molecule has 1 N–H and O–H groups in total. The largest absolute Gasteiger partial charge is 0.481 e. The summed E-state index contributed by atoms with van der Waals surface area (Å²) < 4.78 is 38.6. The lowest BCUT2D eigenvalue weighted by Crippen LogP contribution is -2.36. The number of carboxylic acid groups (broad SMARTS) is 1. The summed E-state index contributed by atoms with van der Waals surface area (Å²) in [6.45, 7) is 2.34. The van der Waals surface area contributed by atoms with E-state index in [4.69, 9.17) is 5.11 Å². The molecule has 0 aliphatic carbocycles. The average Bonchev–Trinajstić information content (AvgIpc) is 3.01. The number of amides is 1. The lowest BCUT2D eigenvalue weighted by atomic mass is 9.96. The Hall–Kier alpha value is -1.31. The van der Waals surface area contributed by atoms with E-state index >= 15 is 0 Å². The lowest BCUT2D eigenvalue weighted by Gasteiger charge is -2.23. The van der Waals surface area contributed by atoms with E-state index in [9.17, 15) is 22.8 Å². The van der Waals surface area contributed by atoms with Crippen LogP contribution in [-0.4, -0.2) is 65.2 Å². The number of halogens is 3. The molecule has 2 rings (SSSR count). The van der Waals surface area contributed by atoms with Crippen molar-refractivity contribution in [2.75, 3.05) is 26.2 Å². The van der Waals surface area contributed by atoms with Gasteiger partial charge in [-0.05, 0) is 19.8 Å². The van der Waals surface area contributed by atoms with Gasteiger partial charge < -0.3 is 14.9 Å². The predicted octanol–water partition coefficient (Wildman–Crippen LogP) is 1.58. The van der Waals surface area contributed by atoms with Gasteiger partial charge in [-0.15, -0.1) is 0 Å². The molecule has 2 fully saturated rings. The predicted molar refractivity (Wildman–Crippen MR) is 72.1 cm³/mol. The summed E-state index contributed by atoms with van der Waals surface area (Å²) >= 11 is 0. The number of alkyl halides is 3. The molecule has 8 heteroatoms. The molecule has 0 spiro atoms. The Kier molecular flexibility index (Phi) is 4.99. The standard InChI is InChI=1S/C14H21F3N2O3/c1-9-3-2-5-19(9)12(20)4-6-18-7-10(13(21)22)11(8-18)14(15,16)17/h9-11H,2-8H2,1H3,(H,21,22)/t9?,10-,11-/m1/s1. The molecule has 2 heterocycles. The summed E-state index contributed by atoms with van der Waals surface area (Å²) in [6.07, 6.45) is -2.48. The van der Waals surface area contributed by atoms with E-state index in [1.165, 1.54) is 4.90 Å². The van der Waals surface area contributed by atoms with E-state index in [0.29, 0.717) is 6.54 Å². The highest BCUT2D eigenvalue weighted by molar-refractivity contribution is 5.77. The Morgan fingerprint density at radius 2 is 1.95 bits per heavy atom. The van der Waals surface area contributed by atoms with Crippen molar-refractivity contribution >= 4 is 11.9 Å². The van der Waals surface area contributed by atoms with Crippen molar-refractivity contribution in [3.63, 3.8) is 0 Å². The van der Waals surface area contributed by atoms with Gasteiger partial charge in [0.25, 0.3) is 0 Å². The zero-order valence-electron chi connectivity index (χ0n) is 12.5. The zero-order valence-corrected chi connectivity index (χ0v) is 12.5. The maximum absolute atomic E-state index is 12.9. The number of nitrogens with zero attached hydrogens (tertiary/aromatic N) is 2. The highest BCUT2D eigenvalue weighted by atomic mass is 19.4. The van der Waals surface area contributed by atoms with E-state index in [0.717, 1.165) is 12.8 Å². The smallest absolute Gasteiger partial charge is 0.393 e. The van der Waals surface area contributed by atoms with Gasteiger partial charge in [-0.25, -0.2) is 0 Å². The normalized spacial score (nSPS) is 30.0. The number of aliphatic carboxylic acids is 1. The second-order valence-electron chi connectivity index (χ2n) is 6.18. The van der Waals surface area contributed by atoms with E-state index < -0.39 is 24.0 Å². The van der Waals surface area contributed by atoms with Crippen LogP contribution >= 0.6 is 0 Å². The summed E-state index contributed by atoms with van der Waals surface area (Å²) in [5.41, 5.74) is 0. The first-order chi connectivity index (χ1) is 10.2. The first-order valence-corrected chi connectivity index (χ1v) is 7.51. The number of carboxylic acids is 1. The lowest BCUT2D eigenvalue weighted by molar-refractivity contribution is -0.188. The van der Waals surface area contributed by atoms with Crippen molar-refractivity contribution in [3.8, 4) is 0 Å². The Balaban J connectivity index is 1.89. The van der Waals surface area contributed by atoms with Gasteiger partial charge in [0.15, 0.2) is 0 Å². The topological polar surface area (TPSA) is 60.9 Å². The molecule has 3 atom stereocenters. The number of hydrogen-bond acceptors (Lipinski definition) is 3. The minimum absolute atomic E-state index is 0.0627. The molecule has 2 aliphatic rings. The van der Waals surface area contributed by atoms with Gasteiger partial charge in [0.2, 0.25) is 5.91 Å². The Labute approximate surface area is 127 Å². The molecule has 0 aromatic rings. The van der Waals surface area contributed by atoms with Gasteiger partial charge in [0, 0.05) is 38.6 Å². The highest BCUT2D eigenvalue weighted by Gasteiger charge is 2.52. The fourth-order valence-electron chi connectivity index (χ4n) is 3.35. The monoisotopic (exact) mass is 322 g/mol. The Bertz CT molecular complexity index is 442. The van der Waals surface area contributed by atoms with Crippen LogP contribution in [-0.2, 0) is 9.59 Å². The third-order valence-corrected chi connectivity index (χ3v) is 4.65. The molecule has 1 unspecified atom stereocenters. The number of rotatable bonds is 4. The van der Waals surface area contributed by atoms with Crippen molar-refractivity contribution in [1.82, 2.24) is 9.80 Å². The van der Waals surface area contributed by atoms with Crippen LogP contribution in [0.2, 0.25) is 0 Å². The molecule has 0 radical (unpaired) electrons. The van der Waals surface area contributed by atoms with Gasteiger partial charge in [0.05, 0.1) is 11.8 Å². The van der Waals surface area contributed by atoms with Gasteiger partial charge in [0.1, 0.15) is 0 Å². The Morgan fingerprint density at radius 3 is 2.41 bits per heavy atom. The van der Waals surface area contributed by atoms with Crippen molar-refractivity contribution in [2.45, 2.75) is 38.4 Å². The van der Waals surface area contributed by atoms with Crippen molar-refractivity contribution in [2.24, 2.45) is 11.8 Å². The summed E-state index contributed by atoms with van der Waals surface area (Å²) in [6, 6.07) is 0.181. The quantitative estimate of drug-likeness (QED) is 0.854. The number of carbonyl (C=O) groups is 2. The summed E-state index contributed by atoms with van der Waals surface area (Å²) in [5.74, 6) is -4.79. The summed E-state index contributed by atoms with van der Waals surface area (Å²) in [4.78, 5) is 26.3. The summed E-state index contributed by atoms with van der Waals surface area (Å²) in [7, 11) is 0. The van der Waals surface area contributed by atoms with Gasteiger partial charge in [-0.2, -0.15) is 13.2 Å². The van der Waals surface area contributed by atoms with E-state index in [1.54, 1.807) is 4.90 Å². The van der Waals surface area contributed by atoms with Crippen molar-refractivity contribution < 1.29 is 27.9 Å². The zero-order chi connectivity index (χ0) is 16.5. The number of likely N-dealkylation sites (tertiary alicyclic amines) is 2. The molecular formula is C14H21F3N2O3. The molecule has 0 aromatic carbocycles. The van der Waals surface area contributed by atoms with Crippen LogP contribution in [0.5, 0.6) is 0 Å². The minimum atomic E-state index is -4.52. The first-order valence-electron chi connectivity index (χ1n) is 7.51. The molecule has 126 valence electrons. The van der Waals surface area contributed by atoms with Crippen LogP contribution in [0, 0.1) is 11.8 Å². The van der Waals surface area contributed by atoms with Gasteiger partial charge >= 0.3 is 12.1 Å². The minimum Gasteiger partial charge on any atom is -0.481 e. The second kappa shape index (κ2) is 6.44. The molecule has 2 aliphatic heterocycles. The molecule has 0 saturated carbocycles. The first kappa shape index (κ1) is 17.1. The fraction of sp³-hybridized carbons (Fsp3) is 0.857. The molecule has 5 nitrogen and oxygen atoms in total. The molecule has 0 bridgehead atoms. The van der Waals surface area contributed by atoms with Crippen LogP contribution < -0.4 is 0 Å². The van der Waals surface area contributed by atoms with Crippen LogP contribution in [0.4, 0.5) is 13.2 Å². The second-order valence-corrected chi connectivity index (χ2v) is 6.18. The third kappa shape index (κ3) is 3.71. The number of carbonyl (C=O) groups excluding carboxylic acids is 1. The average molecular weight is 322 g/mol. The van der Waals surface area contributed by atoms with Crippen molar-refractivity contribution in [1.29, 1.82) is 0 Å². The maximum atomic E-state index is 12.9. The van der Waals surface area contributed by atoms with E-state index in [2.05, 4.69) is 0 Å². The Morgan fingerprint density at radius 1 is 1.27 bits per heavy atom. The van der Waals surface area contributed by atoms with Gasteiger partial charge in [-0.3, -0.25) is 9.59 Å². The highest BCUT2D eigenvalue weighted by Crippen LogP contribution is 2.37. The van der Waals surface area contributed by atoms with Gasteiger partial charge in [-0.1, -0.05) is 0 Å². The number of hydrogen-bond donors (Lipinski definition) is 1. The molecule has 2 saturated heterocycles. The summed E-state index contributed by atoms with van der Waals surface area (Å²) in [5, 5.41) is 8.95. The molecule has 0 aromatic heterocycles.